The highest BCUT2D eigenvalue weighted by molar-refractivity contribution is 5.32. The summed E-state index contributed by atoms with van der Waals surface area (Å²) in [5.74, 6) is 2.09. The van der Waals surface area contributed by atoms with E-state index in [2.05, 4.69) is 4.90 Å². The zero-order chi connectivity index (χ0) is 15.8. The highest BCUT2D eigenvalue weighted by atomic mass is 16.5. The standard InChI is InChI=1S/C17H27NO4/c1-21-16-3-2-4-17(11-16)22-13-15(20)12-18-8-5-14(6-9-18)7-10-19/h2-4,11,14-15,19-20H,5-10,12-13H2,1H3/t15-/m1/s1. The molecule has 0 radical (unpaired) electrons. The van der Waals surface area contributed by atoms with Gasteiger partial charge >= 0.3 is 0 Å². The maximum atomic E-state index is 10.1. The van der Waals surface area contributed by atoms with Crippen molar-refractivity contribution in [3.63, 3.8) is 0 Å². The molecular weight excluding hydrogens is 282 g/mol. The second-order valence-corrected chi connectivity index (χ2v) is 5.90. The molecule has 1 aliphatic heterocycles. The van der Waals surface area contributed by atoms with Crippen LogP contribution >= 0.6 is 0 Å². The molecule has 22 heavy (non-hydrogen) atoms. The van der Waals surface area contributed by atoms with Crippen molar-refractivity contribution < 1.29 is 19.7 Å². The molecule has 1 saturated heterocycles. The third-order valence-corrected chi connectivity index (χ3v) is 4.20. The molecule has 5 nitrogen and oxygen atoms in total. The molecule has 1 aromatic rings. The summed E-state index contributed by atoms with van der Waals surface area (Å²) in [6.07, 6.45) is 2.60. The Morgan fingerprint density at radius 3 is 2.68 bits per heavy atom. The summed E-state index contributed by atoms with van der Waals surface area (Å²) in [5.41, 5.74) is 0. The zero-order valence-electron chi connectivity index (χ0n) is 13.3. The number of ether oxygens (including phenoxy) is 2. The Balaban J connectivity index is 1.68. The highest BCUT2D eigenvalue weighted by Crippen LogP contribution is 2.21. The van der Waals surface area contributed by atoms with Gasteiger partial charge in [-0.25, -0.2) is 0 Å². The Morgan fingerprint density at radius 1 is 1.27 bits per heavy atom. The van der Waals surface area contributed by atoms with Crippen LogP contribution in [0.25, 0.3) is 0 Å². The largest absolute Gasteiger partial charge is 0.497 e. The molecule has 0 bridgehead atoms. The third-order valence-electron chi connectivity index (χ3n) is 4.20. The predicted octanol–water partition coefficient (Wildman–Crippen LogP) is 1.53. The van der Waals surface area contributed by atoms with Gasteiger partial charge in [-0.2, -0.15) is 0 Å². The fourth-order valence-electron chi connectivity index (χ4n) is 2.87. The summed E-state index contributed by atoms with van der Waals surface area (Å²) in [6.45, 7) is 3.17. The molecule has 1 atom stereocenters. The molecule has 124 valence electrons. The van der Waals surface area contributed by atoms with Gasteiger partial charge in [-0.15, -0.1) is 0 Å². The molecule has 1 fully saturated rings. The SMILES string of the molecule is COc1cccc(OC[C@H](O)CN2CCC(CCO)CC2)c1. The van der Waals surface area contributed by atoms with Crippen molar-refractivity contribution in [2.24, 2.45) is 5.92 Å². The maximum absolute atomic E-state index is 10.1. The normalized spacial score (nSPS) is 18.1. The lowest BCUT2D eigenvalue weighted by atomic mass is 9.94. The molecule has 5 heteroatoms. The predicted molar refractivity (Wildman–Crippen MR) is 85.4 cm³/mol. The van der Waals surface area contributed by atoms with Crippen LogP contribution in [-0.4, -0.2) is 61.2 Å². The first kappa shape index (κ1) is 17.1. The minimum absolute atomic E-state index is 0.279. The van der Waals surface area contributed by atoms with Crippen LogP contribution in [0, 0.1) is 5.92 Å². The van der Waals surface area contributed by atoms with Crippen LogP contribution in [0.4, 0.5) is 0 Å². The number of hydrogen-bond acceptors (Lipinski definition) is 5. The quantitative estimate of drug-likeness (QED) is 0.762. The van der Waals surface area contributed by atoms with Crippen LogP contribution in [0.1, 0.15) is 19.3 Å². The van der Waals surface area contributed by atoms with Gasteiger partial charge in [-0.3, -0.25) is 0 Å². The van der Waals surface area contributed by atoms with Gasteiger partial charge in [0.2, 0.25) is 0 Å². The first-order valence-electron chi connectivity index (χ1n) is 7.99. The lowest BCUT2D eigenvalue weighted by molar-refractivity contribution is 0.0527. The van der Waals surface area contributed by atoms with Gasteiger partial charge in [-0.05, 0) is 50.4 Å². The minimum Gasteiger partial charge on any atom is -0.497 e. The molecule has 1 aromatic carbocycles. The smallest absolute Gasteiger partial charge is 0.123 e. The number of likely N-dealkylation sites (tertiary alicyclic amines) is 1. The van der Waals surface area contributed by atoms with Crippen molar-refractivity contribution in [1.29, 1.82) is 0 Å². The molecule has 0 aliphatic carbocycles. The first-order valence-corrected chi connectivity index (χ1v) is 7.99. The fourth-order valence-corrected chi connectivity index (χ4v) is 2.87. The lowest BCUT2D eigenvalue weighted by Crippen LogP contribution is -2.40. The van der Waals surface area contributed by atoms with Gasteiger partial charge in [-0.1, -0.05) is 6.07 Å². The Morgan fingerprint density at radius 2 is 2.00 bits per heavy atom. The zero-order valence-corrected chi connectivity index (χ0v) is 13.3. The number of aliphatic hydroxyl groups excluding tert-OH is 2. The van der Waals surface area contributed by atoms with Gasteiger partial charge in [0.05, 0.1) is 7.11 Å². The molecule has 2 N–H and O–H groups in total. The molecule has 0 saturated carbocycles. The summed E-state index contributed by atoms with van der Waals surface area (Å²) >= 11 is 0. The van der Waals surface area contributed by atoms with Crippen molar-refractivity contribution in [3.05, 3.63) is 24.3 Å². The maximum Gasteiger partial charge on any atom is 0.123 e. The van der Waals surface area contributed by atoms with E-state index in [1.165, 1.54) is 0 Å². The van der Waals surface area contributed by atoms with Crippen LogP contribution in [-0.2, 0) is 0 Å². The minimum atomic E-state index is -0.499. The van der Waals surface area contributed by atoms with Crippen molar-refractivity contribution >= 4 is 0 Å². The van der Waals surface area contributed by atoms with Crippen LogP contribution in [0.3, 0.4) is 0 Å². The van der Waals surface area contributed by atoms with E-state index in [-0.39, 0.29) is 13.2 Å². The second kappa shape index (κ2) is 8.98. The third kappa shape index (κ3) is 5.48. The number of aliphatic hydroxyl groups is 2. The van der Waals surface area contributed by atoms with E-state index in [1.807, 2.05) is 24.3 Å². The summed E-state index contributed by atoms with van der Waals surface area (Å²) in [5, 5.41) is 19.1. The van der Waals surface area contributed by atoms with Gasteiger partial charge in [0.25, 0.3) is 0 Å². The van der Waals surface area contributed by atoms with Crippen LogP contribution in [0.2, 0.25) is 0 Å². The Hall–Kier alpha value is -1.30. The van der Waals surface area contributed by atoms with E-state index in [9.17, 15) is 5.11 Å². The van der Waals surface area contributed by atoms with Gasteiger partial charge in [0.1, 0.15) is 24.2 Å². The molecule has 2 rings (SSSR count). The molecule has 0 unspecified atom stereocenters. The fraction of sp³-hybridized carbons (Fsp3) is 0.647. The van der Waals surface area contributed by atoms with Gasteiger partial charge < -0.3 is 24.6 Å². The van der Waals surface area contributed by atoms with Crippen LogP contribution < -0.4 is 9.47 Å². The van der Waals surface area contributed by atoms with E-state index in [0.29, 0.717) is 18.2 Å². The van der Waals surface area contributed by atoms with Gasteiger partial charge in [0, 0.05) is 19.2 Å². The monoisotopic (exact) mass is 309 g/mol. The summed E-state index contributed by atoms with van der Waals surface area (Å²) < 4.78 is 10.8. The molecule has 0 amide bonds. The second-order valence-electron chi connectivity index (χ2n) is 5.90. The summed E-state index contributed by atoms with van der Waals surface area (Å²) in [6, 6.07) is 7.40. The number of benzene rings is 1. The molecule has 1 aliphatic rings. The average Bonchev–Trinajstić information content (AvgIpc) is 2.55. The summed E-state index contributed by atoms with van der Waals surface area (Å²) in [4.78, 5) is 2.27. The number of piperidine rings is 1. The van der Waals surface area contributed by atoms with E-state index >= 15 is 0 Å². The molecule has 1 heterocycles. The van der Waals surface area contributed by atoms with Crippen LogP contribution in [0.15, 0.2) is 24.3 Å². The molecule has 0 spiro atoms. The Bertz CT molecular complexity index is 432. The summed E-state index contributed by atoms with van der Waals surface area (Å²) in [7, 11) is 1.62. The Kier molecular flexibility index (Phi) is 6.96. The molecule has 0 aromatic heterocycles. The number of hydrogen-bond donors (Lipinski definition) is 2. The van der Waals surface area contributed by atoms with Crippen molar-refractivity contribution in [3.8, 4) is 11.5 Å². The Labute approximate surface area is 132 Å². The van der Waals surface area contributed by atoms with E-state index in [1.54, 1.807) is 7.11 Å². The van der Waals surface area contributed by atoms with Gasteiger partial charge in [0.15, 0.2) is 0 Å². The molecular formula is C17H27NO4. The van der Waals surface area contributed by atoms with E-state index in [0.717, 1.165) is 38.1 Å². The number of β-amino-alcohol motifs (C(OH)–C–C–N with tert-alkyl or cyclic N) is 1. The first-order chi connectivity index (χ1) is 10.7. The van der Waals surface area contributed by atoms with Crippen molar-refractivity contribution in [1.82, 2.24) is 4.90 Å². The highest BCUT2D eigenvalue weighted by Gasteiger charge is 2.20. The topological polar surface area (TPSA) is 62.2 Å². The van der Waals surface area contributed by atoms with Crippen LogP contribution in [0.5, 0.6) is 11.5 Å². The number of nitrogens with zero attached hydrogens (tertiary/aromatic N) is 1. The van der Waals surface area contributed by atoms with Crippen molar-refractivity contribution in [2.75, 3.05) is 40.0 Å². The number of methoxy groups -OCH3 is 1. The lowest BCUT2D eigenvalue weighted by Gasteiger charge is -2.32. The van der Waals surface area contributed by atoms with E-state index in [4.69, 9.17) is 14.6 Å². The number of rotatable bonds is 8. The van der Waals surface area contributed by atoms with E-state index < -0.39 is 6.10 Å². The average molecular weight is 309 g/mol. The van der Waals surface area contributed by atoms with Crippen molar-refractivity contribution in [2.45, 2.75) is 25.4 Å².